The van der Waals surface area contributed by atoms with Crippen molar-refractivity contribution < 1.29 is 9.59 Å². The molecule has 1 unspecified atom stereocenters. The van der Waals surface area contributed by atoms with Crippen LogP contribution in [0.2, 0.25) is 0 Å². The van der Waals surface area contributed by atoms with E-state index >= 15 is 0 Å². The summed E-state index contributed by atoms with van der Waals surface area (Å²) in [6.45, 7) is 0.531. The van der Waals surface area contributed by atoms with Crippen LogP contribution in [-0.2, 0) is 16.1 Å². The zero-order valence-corrected chi connectivity index (χ0v) is 9.65. The first-order valence-corrected chi connectivity index (χ1v) is 6.33. The van der Waals surface area contributed by atoms with E-state index in [2.05, 4.69) is 0 Å². The molecule has 1 aliphatic heterocycles. The number of hydrogen-bond acceptors (Lipinski definition) is 3. The molecule has 4 heteroatoms. The van der Waals surface area contributed by atoms with Crippen LogP contribution in [0.15, 0.2) is 30.3 Å². The molecule has 1 amide bonds. The molecule has 1 fully saturated rings. The third-order valence-electron chi connectivity index (χ3n) is 2.59. The summed E-state index contributed by atoms with van der Waals surface area (Å²) in [5.41, 5.74) is 1.06. The first-order valence-electron chi connectivity index (χ1n) is 5.17. The summed E-state index contributed by atoms with van der Waals surface area (Å²) in [5.74, 6) is 1.25. The van der Waals surface area contributed by atoms with E-state index < -0.39 is 0 Å². The maximum Gasteiger partial charge on any atom is 0.233 e. The summed E-state index contributed by atoms with van der Waals surface area (Å²) in [4.78, 5) is 24.3. The van der Waals surface area contributed by atoms with Crippen LogP contribution >= 0.6 is 11.8 Å². The van der Waals surface area contributed by atoms with Crippen LogP contribution in [-0.4, -0.2) is 34.6 Å². The maximum atomic E-state index is 11.7. The Kier molecular flexibility index (Phi) is 3.62. The van der Waals surface area contributed by atoms with Gasteiger partial charge in [-0.1, -0.05) is 30.3 Å². The molecule has 0 saturated carbocycles. The molecule has 1 aromatic carbocycles. The lowest BCUT2D eigenvalue weighted by Gasteiger charge is -2.31. The number of nitrogens with zero attached hydrogens (tertiary/aromatic N) is 1. The Morgan fingerprint density at radius 2 is 2.12 bits per heavy atom. The van der Waals surface area contributed by atoms with Gasteiger partial charge in [-0.05, 0) is 5.56 Å². The van der Waals surface area contributed by atoms with Crippen molar-refractivity contribution >= 4 is 24.0 Å². The molecule has 3 nitrogen and oxygen atoms in total. The third kappa shape index (κ3) is 2.44. The molecule has 1 heterocycles. The molecule has 16 heavy (non-hydrogen) atoms. The zero-order valence-electron chi connectivity index (χ0n) is 8.83. The fraction of sp³-hybridized carbons (Fsp3) is 0.333. The van der Waals surface area contributed by atoms with Crippen LogP contribution in [0.1, 0.15) is 5.56 Å². The Morgan fingerprint density at radius 1 is 1.38 bits per heavy atom. The Hall–Kier alpha value is -1.29. The molecule has 2 rings (SSSR count). The van der Waals surface area contributed by atoms with Crippen LogP contribution in [0.4, 0.5) is 0 Å². The summed E-state index contributed by atoms with van der Waals surface area (Å²) in [6.07, 6.45) is 0.868. The Labute approximate surface area is 98.8 Å². The minimum absolute atomic E-state index is 0.0530. The molecule has 1 aliphatic rings. The van der Waals surface area contributed by atoms with Crippen molar-refractivity contribution in [3.05, 3.63) is 35.9 Å². The summed E-state index contributed by atoms with van der Waals surface area (Å²) in [7, 11) is 0. The molecule has 0 spiro atoms. The molecule has 1 aromatic rings. The normalized spacial score (nSPS) is 20.9. The van der Waals surface area contributed by atoms with E-state index in [1.807, 2.05) is 30.3 Å². The summed E-state index contributed by atoms with van der Waals surface area (Å²) >= 11 is 1.53. The van der Waals surface area contributed by atoms with E-state index in [4.69, 9.17) is 0 Å². The van der Waals surface area contributed by atoms with E-state index in [1.165, 1.54) is 11.8 Å². The third-order valence-corrected chi connectivity index (χ3v) is 3.62. The van der Waals surface area contributed by atoms with Gasteiger partial charge in [0.1, 0.15) is 6.29 Å². The van der Waals surface area contributed by atoms with E-state index in [1.54, 1.807) is 4.90 Å². The lowest BCUT2D eigenvalue weighted by Crippen LogP contribution is -2.46. The highest BCUT2D eigenvalue weighted by molar-refractivity contribution is 8.00. The lowest BCUT2D eigenvalue weighted by atomic mass is 10.2. The number of aldehydes is 1. The van der Waals surface area contributed by atoms with E-state index in [9.17, 15) is 9.59 Å². The topological polar surface area (TPSA) is 37.4 Å². The minimum atomic E-state index is -0.272. The molecule has 0 radical (unpaired) electrons. The van der Waals surface area contributed by atoms with Crippen LogP contribution in [0, 0.1) is 0 Å². The number of thioether (sulfide) groups is 1. The van der Waals surface area contributed by atoms with Crippen molar-refractivity contribution in [1.29, 1.82) is 0 Å². The van der Waals surface area contributed by atoms with E-state index in [-0.39, 0.29) is 11.9 Å². The predicted octanol–water partition coefficient (Wildman–Crippen LogP) is 1.33. The molecule has 0 N–H and O–H groups in total. The van der Waals surface area contributed by atoms with Gasteiger partial charge in [-0.3, -0.25) is 4.79 Å². The first kappa shape index (κ1) is 11.2. The number of rotatable bonds is 3. The lowest BCUT2D eigenvalue weighted by molar-refractivity contribution is -0.134. The van der Waals surface area contributed by atoms with Crippen molar-refractivity contribution in [1.82, 2.24) is 4.90 Å². The fourth-order valence-corrected chi connectivity index (χ4v) is 2.68. The molecule has 0 aliphatic carbocycles. The fourth-order valence-electron chi connectivity index (χ4n) is 1.72. The average molecular weight is 235 g/mol. The number of hydrogen-bond donors (Lipinski definition) is 0. The highest BCUT2D eigenvalue weighted by Crippen LogP contribution is 2.18. The largest absolute Gasteiger partial charge is 0.327 e. The molecule has 1 atom stereocenters. The second kappa shape index (κ2) is 5.16. The smallest absolute Gasteiger partial charge is 0.233 e. The van der Waals surface area contributed by atoms with Gasteiger partial charge in [0.2, 0.25) is 5.91 Å². The van der Waals surface area contributed by atoms with Crippen molar-refractivity contribution in [2.75, 3.05) is 11.5 Å². The van der Waals surface area contributed by atoms with Crippen molar-refractivity contribution in [2.24, 2.45) is 0 Å². The van der Waals surface area contributed by atoms with Gasteiger partial charge in [-0.15, -0.1) is 11.8 Å². The van der Waals surface area contributed by atoms with Crippen molar-refractivity contribution in [3.8, 4) is 0 Å². The van der Waals surface area contributed by atoms with Gasteiger partial charge in [0.05, 0.1) is 11.8 Å². The summed E-state index contributed by atoms with van der Waals surface area (Å²) in [6, 6.07) is 9.48. The number of amides is 1. The standard InChI is InChI=1S/C12H13NO2S/c14-7-11-8-16-9-12(15)13(11)6-10-4-2-1-3-5-10/h1-5,7,11H,6,8-9H2. The highest BCUT2D eigenvalue weighted by Gasteiger charge is 2.27. The highest BCUT2D eigenvalue weighted by atomic mass is 32.2. The minimum Gasteiger partial charge on any atom is -0.327 e. The Balaban J connectivity index is 2.11. The predicted molar refractivity (Wildman–Crippen MR) is 64.2 cm³/mol. The Morgan fingerprint density at radius 3 is 2.81 bits per heavy atom. The molecule has 0 aromatic heterocycles. The van der Waals surface area contributed by atoms with Crippen LogP contribution in [0.3, 0.4) is 0 Å². The van der Waals surface area contributed by atoms with Gasteiger partial charge in [0.15, 0.2) is 0 Å². The van der Waals surface area contributed by atoms with E-state index in [0.29, 0.717) is 18.1 Å². The monoisotopic (exact) mass is 235 g/mol. The molecule has 84 valence electrons. The molecular weight excluding hydrogens is 222 g/mol. The quantitative estimate of drug-likeness (QED) is 0.742. The second-order valence-corrected chi connectivity index (χ2v) is 4.76. The zero-order chi connectivity index (χ0) is 11.4. The van der Waals surface area contributed by atoms with Gasteiger partial charge in [0, 0.05) is 12.3 Å². The summed E-state index contributed by atoms with van der Waals surface area (Å²) in [5, 5.41) is 0. The van der Waals surface area contributed by atoms with E-state index in [0.717, 1.165) is 11.8 Å². The molecule has 0 bridgehead atoms. The molecular formula is C12H13NO2S. The van der Waals surface area contributed by atoms with Gasteiger partial charge in [0.25, 0.3) is 0 Å². The van der Waals surface area contributed by atoms with Gasteiger partial charge < -0.3 is 9.69 Å². The van der Waals surface area contributed by atoms with Gasteiger partial charge in [-0.25, -0.2) is 0 Å². The maximum absolute atomic E-state index is 11.7. The summed E-state index contributed by atoms with van der Waals surface area (Å²) < 4.78 is 0. The first-order chi connectivity index (χ1) is 7.81. The number of benzene rings is 1. The Bertz CT molecular complexity index is 380. The number of carbonyl (C=O) groups excluding carboxylic acids is 2. The van der Waals surface area contributed by atoms with Crippen LogP contribution in [0.5, 0.6) is 0 Å². The number of carbonyl (C=O) groups is 2. The van der Waals surface area contributed by atoms with Crippen LogP contribution < -0.4 is 0 Å². The van der Waals surface area contributed by atoms with Gasteiger partial charge in [-0.2, -0.15) is 0 Å². The van der Waals surface area contributed by atoms with Crippen LogP contribution in [0.25, 0.3) is 0 Å². The van der Waals surface area contributed by atoms with Gasteiger partial charge >= 0.3 is 0 Å². The SMILES string of the molecule is O=CC1CSCC(=O)N1Cc1ccccc1. The second-order valence-electron chi connectivity index (χ2n) is 3.73. The van der Waals surface area contributed by atoms with Crippen molar-refractivity contribution in [2.45, 2.75) is 12.6 Å². The van der Waals surface area contributed by atoms with Crippen molar-refractivity contribution in [3.63, 3.8) is 0 Å². The average Bonchev–Trinajstić information content (AvgIpc) is 2.33. The molecule has 1 saturated heterocycles.